The summed E-state index contributed by atoms with van der Waals surface area (Å²) in [4.78, 5) is 40.0. The van der Waals surface area contributed by atoms with Crippen LogP contribution in [0.3, 0.4) is 0 Å². The zero-order valence-corrected chi connectivity index (χ0v) is 20.5. The number of alkyl halides is 3. The maximum atomic E-state index is 13.6. The number of nitrogen functional groups attached to an aromatic ring is 1. The first-order valence-electron chi connectivity index (χ1n) is 10.7. The monoisotopic (exact) mass is 526 g/mol. The lowest BCUT2D eigenvalue weighted by Gasteiger charge is -2.27. The number of nitrogens with zero attached hydrogens (tertiary/aromatic N) is 1. The zero-order chi connectivity index (χ0) is 26.7. The number of nitrogens with two attached hydrogens (primary N) is 1. The second-order valence-corrected chi connectivity index (χ2v) is 9.84. The molecule has 0 unspecified atom stereocenters. The van der Waals surface area contributed by atoms with Crippen molar-refractivity contribution in [3.8, 4) is 5.75 Å². The first-order valence-corrected chi connectivity index (χ1v) is 11.7. The van der Waals surface area contributed by atoms with Crippen LogP contribution in [0, 0.1) is 0 Å². The third-order valence-corrected chi connectivity index (χ3v) is 5.96. The summed E-state index contributed by atoms with van der Waals surface area (Å²) in [5.74, 6) is 3.95. The number of nitrogens with one attached hydrogen (secondary N) is 2. The second-order valence-electron chi connectivity index (χ2n) is 8.78. The second kappa shape index (κ2) is 10.7. The van der Waals surface area contributed by atoms with Crippen molar-refractivity contribution < 1.29 is 37.0 Å². The molecule has 13 heteroatoms. The molecule has 0 aliphatic carbocycles. The van der Waals surface area contributed by atoms with Crippen LogP contribution in [0.2, 0.25) is 0 Å². The highest BCUT2D eigenvalue weighted by Gasteiger charge is 2.34. The van der Waals surface area contributed by atoms with Crippen LogP contribution in [-0.4, -0.2) is 41.7 Å². The van der Waals surface area contributed by atoms with Crippen molar-refractivity contribution in [1.82, 2.24) is 10.7 Å². The molecule has 0 radical (unpaired) electrons. The molecule has 1 aliphatic rings. The Morgan fingerprint density at radius 1 is 1.14 bits per heavy atom. The topological polar surface area (TPSA) is 123 Å². The van der Waals surface area contributed by atoms with Gasteiger partial charge in [0.1, 0.15) is 17.4 Å². The summed E-state index contributed by atoms with van der Waals surface area (Å²) >= 11 is 1.29. The summed E-state index contributed by atoms with van der Waals surface area (Å²) in [5.41, 5.74) is 2.32. The molecule has 194 valence electrons. The first-order chi connectivity index (χ1) is 16.8. The molecule has 2 aromatic carbocycles. The number of ether oxygens (including phenoxy) is 2. The molecule has 2 aromatic rings. The molecule has 3 amide bonds. The lowest BCUT2D eigenvalue weighted by Crippen LogP contribution is -2.50. The van der Waals surface area contributed by atoms with E-state index in [1.165, 1.54) is 34.9 Å². The molecule has 9 nitrogen and oxygen atoms in total. The van der Waals surface area contributed by atoms with E-state index in [1.807, 2.05) is 5.43 Å². The molecule has 4 N–H and O–H groups in total. The highest BCUT2D eigenvalue weighted by Crippen LogP contribution is 2.36. The van der Waals surface area contributed by atoms with Gasteiger partial charge in [-0.2, -0.15) is 0 Å². The molecule has 0 fully saturated rings. The SMILES string of the molecule is CC(C)(C)OC(=O)N[C@H]1CSc2ccc(C(=O)NN)cc2N(Cc2ccc(OC(F)(F)F)cc2)C1=O. The summed E-state index contributed by atoms with van der Waals surface area (Å²) in [6.45, 7) is 5.01. The summed E-state index contributed by atoms with van der Waals surface area (Å²) < 4.78 is 46.7. The molecule has 0 saturated carbocycles. The molecule has 1 atom stereocenters. The fourth-order valence-electron chi connectivity index (χ4n) is 3.32. The van der Waals surface area contributed by atoms with E-state index >= 15 is 0 Å². The third-order valence-electron chi connectivity index (χ3n) is 4.80. The van der Waals surface area contributed by atoms with Crippen LogP contribution >= 0.6 is 11.8 Å². The van der Waals surface area contributed by atoms with Crippen LogP contribution in [0.15, 0.2) is 47.4 Å². The molecule has 36 heavy (non-hydrogen) atoms. The van der Waals surface area contributed by atoms with E-state index in [-0.39, 0.29) is 17.9 Å². The number of hydrogen-bond acceptors (Lipinski definition) is 7. The molecule has 1 heterocycles. The number of hydrogen-bond donors (Lipinski definition) is 3. The Labute approximate surface area is 209 Å². The average molecular weight is 527 g/mol. The number of halogens is 3. The third kappa shape index (κ3) is 7.28. The van der Waals surface area contributed by atoms with Crippen molar-refractivity contribution in [2.45, 2.75) is 50.2 Å². The van der Waals surface area contributed by atoms with Gasteiger partial charge in [0, 0.05) is 16.2 Å². The van der Waals surface area contributed by atoms with Crippen molar-refractivity contribution in [2.24, 2.45) is 5.84 Å². The number of alkyl carbamates (subject to hydrolysis) is 1. The Morgan fingerprint density at radius 3 is 2.39 bits per heavy atom. The number of rotatable bonds is 5. The number of fused-ring (bicyclic) bond motifs is 1. The van der Waals surface area contributed by atoms with Gasteiger partial charge in [-0.25, -0.2) is 10.6 Å². The summed E-state index contributed by atoms with van der Waals surface area (Å²) in [6.07, 6.45) is -5.61. The van der Waals surface area contributed by atoms with Crippen molar-refractivity contribution in [2.75, 3.05) is 10.7 Å². The summed E-state index contributed by atoms with van der Waals surface area (Å²) in [7, 11) is 0. The summed E-state index contributed by atoms with van der Waals surface area (Å²) in [5, 5.41) is 2.58. The van der Waals surface area contributed by atoms with Crippen molar-refractivity contribution in [1.29, 1.82) is 0 Å². The minimum atomic E-state index is -4.83. The largest absolute Gasteiger partial charge is 0.573 e. The van der Waals surface area contributed by atoms with Crippen LogP contribution in [-0.2, 0) is 16.1 Å². The van der Waals surface area contributed by atoms with Crippen LogP contribution in [0.4, 0.5) is 23.7 Å². The minimum absolute atomic E-state index is 0.0567. The van der Waals surface area contributed by atoms with Crippen molar-refractivity contribution in [3.63, 3.8) is 0 Å². The number of carbonyl (C=O) groups excluding carboxylic acids is 3. The number of amides is 3. The number of benzene rings is 2. The van der Waals surface area contributed by atoms with Gasteiger partial charge in [0.05, 0.1) is 12.2 Å². The van der Waals surface area contributed by atoms with Gasteiger partial charge in [-0.3, -0.25) is 15.0 Å². The molecule has 0 bridgehead atoms. The van der Waals surface area contributed by atoms with E-state index in [0.29, 0.717) is 16.1 Å². The van der Waals surface area contributed by atoms with Gasteiger partial charge in [0.2, 0.25) is 0 Å². The van der Waals surface area contributed by atoms with Crippen LogP contribution < -0.4 is 26.2 Å². The number of anilines is 1. The summed E-state index contributed by atoms with van der Waals surface area (Å²) in [6, 6.07) is 8.75. The predicted octanol–water partition coefficient (Wildman–Crippen LogP) is 3.72. The first kappa shape index (κ1) is 27.1. The fraction of sp³-hybridized carbons (Fsp3) is 0.348. The highest BCUT2D eigenvalue weighted by atomic mass is 32.2. The Bertz CT molecular complexity index is 1140. The maximum Gasteiger partial charge on any atom is 0.573 e. The molecule has 0 aromatic heterocycles. The van der Waals surface area contributed by atoms with E-state index in [4.69, 9.17) is 10.6 Å². The Kier molecular flexibility index (Phi) is 8.04. The van der Waals surface area contributed by atoms with Crippen molar-refractivity contribution in [3.05, 3.63) is 53.6 Å². The van der Waals surface area contributed by atoms with Gasteiger partial charge in [-0.15, -0.1) is 24.9 Å². The molecule has 0 saturated heterocycles. The van der Waals surface area contributed by atoms with Crippen LogP contribution in [0.5, 0.6) is 5.75 Å². The van der Waals surface area contributed by atoms with Crippen LogP contribution in [0.25, 0.3) is 0 Å². The van der Waals surface area contributed by atoms with E-state index in [0.717, 1.165) is 12.1 Å². The molecule has 0 spiro atoms. The normalized spacial score (nSPS) is 16.0. The Hall–Kier alpha value is -3.45. The van der Waals surface area contributed by atoms with E-state index < -0.39 is 41.7 Å². The molecular weight excluding hydrogens is 501 g/mol. The van der Waals surface area contributed by atoms with Gasteiger partial charge in [0.15, 0.2) is 0 Å². The Morgan fingerprint density at radius 2 is 1.81 bits per heavy atom. The van der Waals surface area contributed by atoms with Crippen LogP contribution in [0.1, 0.15) is 36.7 Å². The van der Waals surface area contributed by atoms with Gasteiger partial charge >= 0.3 is 12.5 Å². The maximum absolute atomic E-state index is 13.6. The van der Waals surface area contributed by atoms with E-state index in [1.54, 1.807) is 32.9 Å². The lowest BCUT2D eigenvalue weighted by molar-refractivity contribution is -0.274. The van der Waals surface area contributed by atoms with Crippen molar-refractivity contribution >= 4 is 35.4 Å². The Balaban J connectivity index is 1.94. The molecule has 3 rings (SSSR count). The van der Waals surface area contributed by atoms with E-state index in [9.17, 15) is 27.6 Å². The quantitative estimate of drug-likeness (QED) is 0.308. The average Bonchev–Trinajstić information content (AvgIpc) is 2.89. The standard InChI is InChI=1S/C23H25F3N4O5S/c1-22(2,3)35-21(33)28-16-12-36-18-9-6-14(19(31)29-27)10-17(18)30(20(16)32)11-13-4-7-15(8-5-13)34-23(24,25)26/h4-10,16H,11-12,27H2,1-3H3,(H,28,33)(H,29,31)/t16-/m0/s1. The van der Waals surface area contributed by atoms with Gasteiger partial charge < -0.3 is 19.7 Å². The van der Waals surface area contributed by atoms with Gasteiger partial charge in [0.25, 0.3) is 11.8 Å². The van der Waals surface area contributed by atoms with Gasteiger partial charge in [-0.1, -0.05) is 12.1 Å². The lowest BCUT2D eigenvalue weighted by atomic mass is 10.1. The van der Waals surface area contributed by atoms with Gasteiger partial charge in [-0.05, 0) is 56.7 Å². The number of carbonyl (C=O) groups is 3. The predicted molar refractivity (Wildman–Crippen MR) is 126 cm³/mol. The molecule has 1 aliphatic heterocycles. The zero-order valence-electron chi connectivity index (χ0n) is 19.6. The van der Waals surface area contributed by atoms with E-state index in [2.05, 4.69) is 10.1 Å². The number of thioether (sulfide) groups is 1. The highest BCUT2D eigenvalue weighted by molar-refractivity contribution is 7.99. The number of hydrazine groups is 1. The molecular formula is C23H25F3N4O5S. The fourth-order valence-corrected chi connectivity index (χ4v) is 4.37. The minimum Gasteiger partial charge on any atom is -0.444 e. The smallest absolute Gasteiger partial charge is 0.444 e.